The van der Waals surface area contributed by atoms with Gasteiger partial charge in [-0.3, -0.25) is 0 Å². The Hall–Kier alpha value is -2.16. The monoisotopic (exact) mass is 286 g/mol. The molecule has 0 spiro atoms. The highest BCUT2D eigenvalue weighted by molar-refractivity contribution is 5.84. The molecule has 0 saturated carbocycles. The maximum Gasteiger partial charge on any atom is 0.169 e. The molecule has 0 radical (unpaired) electrons. The maximum absolute atomic E-state index is 10.5. The van der Waals surface area contributed by atoms with Crippen LogP contribution in [0.2, 0.25) is 0 Å². The Kier molecular flexibility index (Phi) is 4.41. The summed E-state index contributed by atoms with van der Waals surface area (Å²) < 4.78 is 0. The van der Waals surface area contributed by atoms with Crippen molar-refractivity contribution in [3.63, 3.8) is 0 Å². The van der Waals surface area contributed by atoms with Crippen molar-refractivity contribution in [3.05, 3.63) is 41.0 Å². The fourth-order valence-electron chi connectivity index (χ4n) is 2.77. The smallest absolute Gasteiger partial charge is 0.169 e. The van der Waals surface area contributed by atoms with Gasteiger partial charge in [-0.1, -0.05) is 39.0 Å². The van der Waals surface area contributed by atoms with E-state index in [-0.39, 0.29) is 17.2 Å². The summed E-state index contributed by atoms with van der Waals surface area (Å²) >= 11 is 0. The van der Waals surface area contributed by atoms with Crippen molar-refractivity contribution < 1.29 is 15.3 Å². The van der Waals surface area contributed by atoms with Crippen LogP contribution in [0.4, 0.5) is 0 Å². The zero-order chi connectivity index (χ0) is 15.6. The molecule has 0 aromatic heterocycles. The Bertz CT molecular complexity index is 638. The molecule has 2 aromatic carbocycles. The van der Waals surface area contributed by atoms with Crippen LogP contribution in [0, 0.1) is 0 Å². The predicted molar refractivity (Wildman–Crippen MR) is 85.0 cm³/mol. The van der Waals surface area contributed by atoms with Gasteiger partial charge in [-0.15, -0.1) is 0 Å². The van der Waals surface area contributed by atoms with Crippen molar-refractivity contribution in [1.29, 1.82) is 0 Å². The first-order valence-electron chi connectivity index (χ1n) is 7.42. The van der Waals surface area contributed by atoms with Gasteiger partial charge in [0, 0.05) is 0 Å². The lowest BCUT2D eigenvalue weighted by molar-refractivity contribution is 0.397. The molecule has 3 N–H and O–H groups in total. The number of aryl methyl sites for hydroxylation is 3. The Labute approximate surface area is 125 Å². The lowest BCUT2D eigenvalue weighted by atomic mass is 9.89. The zero-order valence-electron chi connectivity index (χ0n) is 12.8. The summed E-state index contributed by atoms with van der Waals surface area (Å²) in [4.78, 5) is 0. The lowest BCUT2D eigenvalue weighted by Gasteiger charge is -2.18. The molecule has 0 aliphatic carbocycles. The van der Waals surface area contributed by atoms with Crippen molar-refractivity contribution in [3.8, 4) is 28.4 Å². The Morgan fingerprint density at radius 2 is 1.24 bits per heavy atom. The third kappa shape index (κ3) is 2.56. The van der Waals surface area contributed by atoms with Crippen molar-refractivity contribution in [2.24, 2.45) is 0 Å². The molecule has 2 rings (SSSR count). The van der Waals surface area contributed by atoms with Crippen molar-refractivity contribution >= 4 is 0 Å². The van der Waals surface area contributed by atoms with Crippen LogP contribution in [-0.4, -0.2) is 15.3 Å². The van der Waals surface area contributed by atoms with Gasteiger partial charge in [0.2, 0.25) is 0 Å². The third-order valence-corrected chi connectivity index (χ3v) is 3.96. The minimum Gasteiger partial charge on any atom is -0.507 e. The van der Waals surface area contributed by atoms with Crippen LogP contribution in [0.3, 0.4) is 0 Å². The van der Waals surface area contributed by atoms with E-state index in [9.17, 15) is 15.3 Å². The van der Waals surface area contributed by atoms with Gasteiger partial charge in [0.15, 0.2) is 11.5 Å². The highest BCUT2D eigenvalue weighted by Crippen LogP contribution is 2.47. The molecule has 0 saturated heterocycles. The standard InChI is InChI=1S/C18H22O3/c1-4-11-8-7-9-12(5-2)15(11)16-17(20)13(6-3)10-14(19)18(16)21/h7-10,19-21H,4-6H2,1-3H3. The van der Waals surface area contributed by atoms with Gasteiger partial charge >= 0.3 is 0 Å². The molecule has 3 nitrogen and oxygen atoms in total. The fraction of sp³-hybridized carbons (Fsp3) is 0.333. The van der Waals surface area contributed by atoms with E-state index in [1.54, 1.807) is 0 Å². The van der Waals surface area contributed by atoms with Crippen LogP contribution in [0.25, 0.3) is 11.1 Å². The number of rotatable bonds is 4. The van der Waals surface area contributed by atoms with Gasteiger partial charge in [0.25, 0.3) is 0 Å². The van der Waals surface area contributed by atoms with Gasteiger partial charge in [-0.25, -0.2) is 0 Å². The summed E-state index contributed by atoms with van der Waals surface area (Å²) in [6, 6.07) is 7.39. The molecule has 112 valence electrons. The van der Waals surface area contributed by atoms with Crippen molar-refractivity contribution in [1.82, 2.24) is 0 Å². The normalized spacial score (nSPS) is 10.8. The second-order valence-electron chi connectivity index (χ2n) is 5.14. The fourth-order valence-corrected chi connectivity index (χ4v) is 2.77. The second-order valence-corrected chi connectivity index (χ2v) is 5.14. The zero-order valence-corrected chi connectivity index (χ0v) is 12.8. The first kappa shape index (κ1) is 15.2. The van der Waals surface area contributed by atoms with Gasteiger partial charge in [-0.05, 0) is 47.6 Å². The molecule has 0 bridgehead atoms. The highest BCUT2D eigenvalue weighted by Gasteiger charge is 2.21. The van der Waals surface area contributed by atoms with E-state index in [1.165, 1.54) is 6.07 Å². The third-order valence-electron chi connectivity index (χ3n) is 3.96. The molecule has 3 heteroatoms. The molecule has 0 aliphatic heterocycles. The lowest BCUT2D eigenvalue weighted by Crippen LogP contribution is -1.97. The molecule has 0 fully saturated rings. The largest absolute Gasteiger partial charge is 0.507 e. The molecule has 0 aliphatic rings. The van der Waals surface area contributed by atoms with Crippen LogP contribution in [0.5, 0.6) is 17.2 Å². The summed E-state index contributed by atoms with van der Waals surface area (Å²) in [6.07, 6.45) is 2.17. The van der Waals surface area contributed by atoms with Crippen LogP contribution >= 0.6 is 0 Å². The molecular formula is C18H22O3. The SMILES string of the molecule is CCc1cc(O)c(O)c(-c2c(CC)cccc2CC)c1O. The molecule has 0 atom stereocenters. The van der Waals surface area contributed by atoms with Gasteiger partial charge < -0.3 is 15.3 Å². The van der Waals surface area contributed by atoms with Crippen LogP contribution < -0.4 is 0 Å². The Morgan fingerprint density at radius 1 is 0.714 bits per heavy atom. The molecule has 2 aromatic rings. The summed E-state index contributed by atoms with van der Waals surface area (Å²) in [5.74, 6) is -0.378. The van der Waals surface area contributed by atoms with E-state index in [2.05, 4.69) is 0 Å². The summed E-state index contributed by atoms with van der Waals surface area (Å²) in [6.45, 7) is 5.98. The first-order chi connectivity index (χ1) is 10.0. The molecule has 21 heavy (non-hydrogen) atoms. The van der Waals surface area contributed by atoms with E-state index in [4.69, 9.17) is 0 Å². The van der Waals surface area contributed by atoms with Crippen molar-refractivity contribution in [2.45, 2.75) is 40.0 Å². The Morgan fingerprint density at radius 3 is 1.71 bits per heavy atom. The Balaban J connectivity index is 2.87. The predicted octanol–water partition coefficient (Wildman–Crippen LogP) is 4.16. The summed E-state index contributed by atoms with van der Waals surface area (Å²) in [7, 11) is 0. The number of phenols is 3. The van der Waals surface area contributed by atoms with E-state index in [0.29, 0.717) is 17.5 Å². The number of benzene rings is 2. The average Bonchev–Trinajstić information content (AvgIpc) is 2.51. The highest BCUT2D eigenvalue weighted by atomic mass is 16.3. The summed E-state index contributed by atoms with van der Waals surface area (Å²) in [5, 5.41) is 30.8. The summed E-state index contributed by atoms with van der Waals surface area (Å²) in [5.41, 5.74) is 3.91. The number of hydrogen-bond donors (Lipinski definition) is 3. The van der Waals surface area contributed by atoms with Gasteiger partial charge in [0.05, 0.1) is 5.56 Å². The van der Waals surface area contributed by atoms with Gasteiger partial charge in [0.1, 0.15) is 5.75 Å². The van der Waals surface area contributed by atoms with E-state index < -0.39 is 0 Å². The number of phenolic OH excluding ortho intramolecular Hbond substituents is 3. The van der Waals surface area contributed by atoms with Crippen LogP contribution in [-0.2, 0) is 19.3 Å². The van der Waals surface area contributed by atoms with E-state index in [0.717, 1.165) is 29.5 Å². The minimum absolute atomic E-state index is 0.0587. The minimum atomic E-state index is -0.250. The second kappa shape index (κ2) is 6.08. The van der Waals surface area contributed by atoms with Crippen LogP contribution in [0.15, 0.2) is 24.3 Å². The van der Waals surface area contributed by atoms with E-state index >= 15 is 0 Å². The quantitative estimate of drug-likeness (QED) is 0.584. The average molecular weight is 286 g/mol. The molecule has 0 unspecified atom stereocenters. The topological polar surface area (TPSA) is 60.7 Å². The number of hydrogen-bond acceptors (Lipinski definition) is 3. The van der Waals surface area contributed by atoms with Crippen molar-refractivity contribution in [2.75, 3.05) is 0 Å². The maximum atomic E-state index is 10.5. The number of aromatic hydroxyl groups is 3. The molecule has 0 heterocycles. The first-order valence-corrected chi connectivity index (χ1v) is 7.42. The van der Waals surface area contributed by atoms with Gasteiger partial charge in [-0.2, -0.15) is 0 Å². The van der Waals surface area contributed by atoms with E-state index in [1.807, 2.05) is 39.0 Å². The molecule has 0 amide bonds. The molecular weight excluding hydrogens is 264 g/mol. The van der Waals surface area contributed by atoms with Crippen LogP contribution in [0.1, 0.15) is 37.5 Å².